The molecule has 1 saturated heterocycles. The predicted octanol–water partition coefficient (Wildman–Crippen LogP) is 1.90. The van der Waals surface area contributed by atoms with Crippen LogP contribution in [0.1, 0.15) is 37.3 Å². The van der Waals surface area contributed by atoms with Gasteiger partial charge in [0, 0.05) is 25.6 Å². The van der Waals surface area contributed by atoms with E-state index in [0.717, 1.165) is 26.1 Å². The van der Waals surface area contributed by atoms with E-state index in [0.29, 0.717) is 19.0 Å². The van der Waals surface area contributed by atoms with Crippen LogP contribution in [0.5, 0.6) is 0 Å². The summed E-state index contributed by atoms with van der Waals surface area (Å²) in [5.74, 6) is 0.144. The van der Waals surface area contributed by atoms with Gasteiger partial charge in [-0.25, -0.2) is 0 Å². The maximum atomic E-state index is 11.9. The zero-order chi connectivity index (χ0) is 15.1. The molecule has 0 radical (unpaired) electrons. The number of nitrogens with zero attached hydrogens (tertiary/aromatic N) is 1. The number of benzene rings is 1. The molecule has 0 aromatic heterocycles. The second kappa shape index (κ2) is 8.15. The molecule has 0 bridgehead atoms. The largest absolute Gasteiger partial charge is 0.352 e. The van der Waals surface area contributed by atoms with Crippen LogP contribution in [0.3, 0.4) is 0 Å². The highest BCUT2D eigenvalue weighted by atomic mass is 16.1. The lowest BCUT2D eigenvalue weighted by Crippen LogP contribution is -2.31. The van der Waals surface area contributed by atoms with E-state index in [1.807, 2.05) is 0 Å². The van der Waals surface area contributed by atoms with Crippen LogP contribution < -0.4 is 10.6 Å². The molecule has 1 aromatic rings. The molecule has 116 valence electrons. The molecule has 1 unspecified atom stereocenters. The molecule has 1 aromatic carbocycles. The fraction of sp³-hybridized carbons (Fsp3) is 0.588. The van der Waals surface area contributed by atoms with Crippen molar-refractivity contribution in [3.63, 3.8) is 0 Å². The summed E-state index contributed by atoms with van der Waals surface area (Å²) in [6.45, 7) is 5.81. The number of nitrogens with one attached hydrogen (secondary N) is 2. The summed E-state index contributed by atoms with van der Waals surface area (Å²) < 4.78 is 0. The fourth-order valence-corrected chi connectivity index (χ4v) is 2.69. The first kappa shape index (κ1) is 16.0. The Labute approximate surface area is 127 Å². The third-order valence-corrected chi connectivity index (χ3v) is 4.07. The summed E-state index contributed by atoms with van der Waals surface area (Å²) in [7, 11) is 2.11. The molecule has 0 saturated carbocycles. The predicted molar refractivity (Wildman–Crippen MR) is 85.9 cm³/mol. The van der Waals surface area contributed by atoms with E-state index in [4.69, 9.17) is 0 Å². The number of carbonyl (C=O) groups excluding carboxylic acids is 1. The van der Waals surface area contributed by atoms with Crippen LogP contribution in [-0.2, 0) is 17.9 Å². The van der Waals surface area contributed by atoms with Crippen molar-refractivity contribution in [2.45, 2.75) is 45.3 Å². The van der Waals surface area contributed by atoms with Crippen LogP contribution in [-0.4, -0.2) is 37.0 Å². The zero-order valence-electron chi connectivity index (χ0n) is 13.2. The summed E-state index contributed by atoms with van der Waals surface area (Å²) >= 11 is 0. The van der Waals surface area contributed by atoms with Crippen molar-refractivity contribution in [2.24, 2.45) is 0 Å². The Bertz CT molecular complexity index is 455. The van der Waals surface area contributed by atoms with Crippen molar-refractivity contribution in [1.82, 2.24) is 15.5 Å². The topological polar surface area (TPSA) is 44.4 Å². The standard InChI is InChI=1S/C17H27N3O/c1-3-20(2)13-15-7-4-6-14(10-15)12-19-17(21)11-16-8-5-9-18-16/h4,6-7,10,16,18H,3,5,8-9,11-13H2,1-2H3,(H,19,21). The molecule has 1 aliphatic rings. The Hall–Kier alpha value is -1.39. The van der Waals surface area contributed by atoms with Gasteiger partial charge in [-0.15, -0.1) is 0 Å². The van der Waals surface area contributed by atoms with Gasteiger partial charge in [-0.1, -0.05) is 31.2 Å². The van der Waals surface area contributed by atoms with Crippen LogP contribution in [0, 0.1) is 0 Å². The highest BCUT2D eigenvalue weighted by Gasteiger charge is 2.17. The van der Waals surface area contributed by atoms with E-state index in [1.54, 1.807) is 0 Å². The average Bonchev–Trinajstić information content (AvgIpc) is 2.98. The summed E-state index contributed by atoms with van der Waals surface area (Å²) in [5, 5.41) is 6.38. The van der Waals surface area contributed by atoms with Crippen molar-refractivity contribution >= 4 is 5.91 Å². The van der Waals surface area contributed by atoms with E-state index in [9.17, 15) is 4.79 Å². The highest BCUT2D eigenvalue weighted by Crippen LogP contribution is 2.10. The van der Waals surface area contributed by atoms with E-state index in [1.165, 1.54) is 17.5 Å². The molecule has 2 N–H and O–H groups in total. The Morgan fingerprint density at radius 2 is 2.24 bits per heavy atom. The van der Waals surface area contributed by atoms with E-state index >= 15 is 0 Å². The molecule has 4 nitrogen and oxygen atoms in total. The fourth-order valence-electron chi connectivity index (χ4n) is 2.69. The molecule has 1 fully saturated rings. The Kier molecular flexibility index (Phi) is 6.21. The Balaban J connectivity index is 1.79. The summed E-state index contributed by atoms with van der Waals surface area (Å²) in [5.41, 5.74) is 2.47. The highest BCUT2D eigenvalue weighted by molar-refractivity contribution is 5.76. The number of amides is 1. The summed E-state index contributed by atoms with van der Waals surface area (Å²) in [6.07, 6.45) is 2.90. The molecule has 1 amide bonds. The second-order valence-corrected chi connectivity index (χ2v) is 5.92. The van der Waals surface area contributed by atoms with Gasteiger partial charge in [-0.3, -0.25) is 4.79 Å². The monoisotopic (exact) mass is 289 g/mol. The third-order valence-electron chi connectivity index (χ3n) is 4.07. The van der Waals surface area contributed by atoms with Crippen LogP contribution in [0.15, 0.2) is 24.3 Å². The Morgan fingerprint density at radius 3 is 2.95 bits per heavy atom. The van der Waals surface area contributed by atoms with Gasteiger partial charge in [0.15, 0.2) is 0 Å². The van der Waals surface area contributed by atoms with Crippen LogP contribution in [0.2, 0.25) is 0 Å². The molecule has 1 heterocycles. The van der Waals surface area contributed by atoms with Crippen LogP contribution >= 0.6 is 0 Å². The van der Waals surface area contributed by atoms with Gasteiger partial charge in [0.1, 0.15) is 0 Å². The summed E-state index contributed by atoms with van der Waals surface area (Å²) in [4.78, 5) is 14.2. The lowest BCUT2D eigenvalue weighted by atomic mass is 10.1. The van der Waals surface area contributed by atoms with Crippen molar-refractivity contribution in [3.05, 3.63) is 35.4 Å². The SMILES string of the molecule is CCN(C)Cc1cccc(CNC(=O)CC2CCCN2)c1. The van der Waals surface area contributed by atoms with Crippen LogP contribution in [0.4, 0.5) is 0 Å². The van der Waals surface area contributed by atoms with Gasteiger partial charge in [0.05, 0.1) is 0 Å². The summed E-state index contributed by atoms with van der Waals surface area (Å²) in [6, 6.07) is 8.83. The molecule has 2 rings (SSSR count). The maximum absolute atomic E-state index is 11.9. The quantitative estimate of drug-likeness (QED) is 0.806. The normalized spacial score (nSPS) is 18.1. The molecule has 1 aliphatic heterocycles. The molecule has 0 aliphatic carbocycles. The first-order valence-corrected chi connectivity index (χ1v) is 7.94. The lowest BCUT2D eigenvalue weighted by Gasteiger charge is -2.15. The first-order chi connectivity index (χ1) is 10.2. The number of rotatable bonds is 7. The Morgan fingerprint density at radius 1 is 1.43 bits per heavy atom. The molecule has 1 atom stereocenters. The number of hydrogen-bond acceptors (Lipinski definition) is 3. The molecule has 0 spiro atoms. The van der Waals surface area contributed by atoms with Gasteiger partial charge in [0.2, 0.25) is 5.91 Å². The van der Waals surface area contributed by atoms with Crippen molar-refractivity contribution in [2.75, 3.05) is 20.1 Å². The minimum atomic E-state index is 0.144. The molecule has 21 heavy (non-hydrogen) atoms. The maximum Gasteiger partial charge on any atom is 0.221 e. The smallest absolute Gasteiger partial charge is 0.221 e. The number of carbonyl (C=O) groups is 1. The van der Waals surface area contributed by atoms with Gasteiger partial charge in [-0.2, -0.15) is 0 Å². The minimum absolute atomic E-state index is 0.144. The average molecular weight is 289 g/mol. The van der Waals surface area contributed by atoms with E-state index in [-0.39, 0.29) is 5.91 Å². The van der Waals surface area contributed by atoms with Gasteiger partial charge in [0.25, 0.3) is 0 Å². The van der Waals surface area contributed by atoms with E-state index in [2.05, 4.69) is 53.8 Å². The lowest BCUT2D eigenvalue weighted by molar-refractivity contribution is -0.121. The number of hydrogen-bond donors (Lipinski definition) is 2. The van der Waals surface area contributed by atoms with Gasteiger partial charge in [-0.05, 0) is 44.1 Å². The third kappa shape index (κ3) is 5.48. The second-order valence-electron chi connectivity index (χ2n) is 5.92. The van der Waals surface area contributed by atoms with Crippen molar-refractivity contribution < 1.29 is 4.79 Å². The zero-order valence-corrected chi connectivity index (χ0v) is 13.2. The van der Waals surface area contributed by atoms with Crippen molar-refractivity contribution in [3.8, 4) is 0 Å². The minimum Gasteiger partial charge on any atom is -0.352 e. The van der Waals surface area contributed by atoms with Gasteiger partial charge < -0.3 is 15.5 Å². The molecular formula is C17H27N3O. The van der Waals surface area contributed by atoms with Crippen LogP contribution in [0.25, 0.3) is 0 Å². The van der Waals surface area contributed by atoms with Crippen molar-refractivity contribution in [1.29, 1.82) is 0 Å². The van der Waals surface area contributed by atoms with Gasteiger partial charge >= 0.3 is 0 Å². The first-order valence-electron chi connectivity index (χ1n) is 7.94. The molecular weight excluding hydrogens is 262 g/mol. The molecule has 4 heteroatoms. The van der Waals surface area contributed by atoms with E-state index < -0.39 is 0 Å².